The third kappa shape index (κ3) is 3.37. The van der Waals surface area contributed by atoms with Gasteiger partial charge in [0, 0.05) is 29.9 Å². The van der Waals surface area contributed by atoms with Crippen molar-refractivity contribution in [1.82, 2.24) is 19.9 Å². The van der Waals surface area contributed by atoms with Gasteiger partial charge in [0.25, 0.3) is 0 Å². The molecule has 1 aliphatic heterocycles. The van der Waals surface area contributed by atoms with Crippen molar-refractivity contribution in [2.45, 2.75) is 32.1 Å². The number of halogens is 1. The van der Waals surface area contributed by atoms with E-state index in [1.165, 1.54) is 36.2 Å². The fourth-order valence-electron chi connectivity index (χ4n) is 4.31. The zero-order valence-corrected chi connectivity index (χ0v) is 16.0. The Morgan fingerprint density at radius 2 is 2.07 bits per heavy atom. The molecular formula is C22H22FN5O. The number of aryl methyl sites for hydroxylation is 2. The highest BCUT2D eigenvalue weighted by molar-refractivity contribution is 5.93. The Hall–Kier alpha value is -3.22. The topological polar surface area (TPSA) is 73.9 Å². The molecule has 0 saturated carbocycles. The van der Waals surface area contributed by atoms with E-state index in [2.05, 4.69) is 26.3 Å². The molecule has 0 bridgehead atoms. The fourth-order valence-corrected chi connectivity index (χ4v) is 4.31. The molecule has 1 aliphatic carbocycles. The Bertz CT molecular complexity index is 1120. The lowest BCUT2D eigenvalue weighted by Gasteiger charge is -2.27. The van der Waals surface area contributed by atoms with Crippen molar-refractivity contribution in [3.63, 3.8) is 0 Å². The molecule has 0 radical (unpaired) electrons. The minimum Gasteiger partial charge on any atom is -0.343 e. The number of aromatic amines is 1. The van der Waals surface area contributed by atoms with E-state index in [4.69, 9.17) is 0 Å². The van der Waals surface area contributed by atoms with Crippen LogP contribution in [-0.4, -0.2) is 39.0 Å². The van der Waals surface area contributed by atoms with Gasteiger partial charge in [-0.05, 0) is 61.4 Å². The summed E-state index contributed by atoms with van der Waals surface area (Å²) in [5.74, 6) is -0.369. The second-order valence-corrected chi connectivity index (χ2v) is 7.60. The van der Waals surface area contributed by atoms with Gasteiger partial charge in [-0.15, -0.1) is 0 Å². The summed E-state index contributed by atoms with van der Waals surface area (Å²) in [7, 11) is 0. The largest absolute Gasteiger partial charge is 0.343 e. The van der Waals surface area contributed by atoms with Crippen LogP contribution in [0, 0.1) is 5.82 Å². The summed E-state index contributed by atoms with van der Waals surface area (Å²) in [5.41, 5.74) is 6.16. The minimum atomic E-state index is -0.369. The van der Waals surface area contributed by atoms with Gasteiger partial charge in [0.2, 0.25) is 0 Å². The molecule has 148 valence electrons. The maximum atomic E-state index is 13.3. The lowest BCUT2D eigenvalue weighted by Crippen LogP contribution is -2.38. The third-order valence-electron chi connectivity index (χ3n) is 5.76. The number of urea groups is 1. The van der Waals surface area contributed by atoms with Gasteiger partial charge < -0.3 is 15.2 Å². The summed E-state index contributed by atoms with van der Waals surface area (Å²) in [6.45, 7) is 1.08. The normalized spacial score (nSPS) is 16.4. The molecule has 2 aromatic heterocycles. The lowest BCUT2D eigenvalue weighted by molar-refractivity contribution is 0.217. The zero-order valence-electron chi connectivity index (χ0n) is 16.0. The van der Waals surface area contributed by atoms with Crippen LogP contribution in [0.2, 0.25) is 0 Å². The van der Waals surface area contributed by atoms with Gasteiger partial charge in [0.05, 0.1) is 5.69 Å². The first-order valence-corrected chi connectivity index (χ1v) is 10.0. The van der Waals surface area contributed by atoms with Crippen molar-refractivity contribution in [2.75, 3.05) is 18.4 Å². The summed E-state index contributed by atoms with van der Waals surface area (Å²) < 4.78 is 13.3. The van der Waals surface area contributed by atoms with Crippen molar-refractivity contribution in [3.8, 4) is 0 Å². The number of rotatable bonds is 2. The van der Waals surface area contributed by atoms with Crippen LogP contribution < -0.4 is 5.32 Å². The summed E-state index contributed by atoms with van der Waals surface area (Å²) in [4.78, 5) is 26.7. The molecule has 2 amide bonds. The molecule has 0 fully saturated rings. The van der Waals surface area contributed by atoms with Crippen LogP contribution in [0.4, 0.5) is 14.9 Å². The zero-order chi connectivity index (χ0) is 19.8. The van der Waals surface area contributed by atoms with Gasteiger partial charge in [0.15, 0.2) is 0 Å². The van der Waals surface area contributed by atoms with Crippen LogP contribution in [0.1, 0.15) is 36.2 Å². The number of nitrogens with one attached hydrogen (secondary N) is 2. The van der Waals surface area contributed by atoms with E-state index in [0.717, 1.165) is 41.6 Å². The Morgan fingerprint density at radius 3 is 2.90 bits per heavy atom. The molecular weight excluding hydrogens is 369 g/mol. The van der Waals surface area contributed by atoms with Gasteiger partial charge >= 0.3 is 6.03 Å². The quantitative estimate of drug-likeness (QED) is 0.684. The number of carbonyl (C=O) groups is 1. The highest BCUT2D eigenvalue weighted by Gasteiger charge is 2.24. The number of nitrogens with zero attached hydrogens (tertiary/aromatic N) is 3. The Balaban J connectivity index is 1.37. The number of anilines is 1. The molecule has 0 atom stereocenters. The summed E-state index contributed by atoms with van der Waals surface area (Å²) >= 11 is 0. The molecule has 3 heterocycles. The Morgan fingerprint density at radius 1 is 1.17 bits per heavy atom. The number of carbonyl (C=O) groups excluding carboxylic acids is 1. The smallest absolute Gasteiger partial charge is 0.322 e. The van der Waals surface area contributed by atoms with Gasteiger partial charge in [0.1, 0.15) is 17.8 Å². The lowest BCUT2D eigenvalue weighted by atomic mass is 9.93. The Kier molecular flexibility index (Phi) is 4.50. The van der Waals surface area contributed by atoms with Gasteiger partial charge in [-0.2, -0.15) is 0 Å². The highest BCUT2D eigenvalue weighted by Crippen LogP contribution is 2.34. The van der Waals surface area contributed by atoms with Crippen molar-refractivity contribution in [2.24, 2.45) is 0 Å². The van der Waals surface area contributed by atoms with Crippen LogP contribution in [0.25, 0.3) is 16.6 Å². The van der Waals surface area contributed by atoms with Gasteiger partial charge in [-0.25, -0.2) is 19.2 Å². The van der Waals surface area contributed by atoms with Crippen LogP contribution >= 0.6 is 0 Å². The SMILES string of the molecule is O=C(Nc1cccc(F)c1)N1CC=C(c2ncnc3[nH]c4c(c23)CCCC4)CC1. The molecule has 2 aliphatic rings. The maximum Gasteiger partial charge on any atom is 0.322 e. The van der Waals surface area contributed by atoms with Crippen molar-refractivity contribution >= 4 is 28.3 Å². The number of H-pyrrole nitrogens is 1. The van der Waals surface area contributed by atoms with Crippen molar-refractivity contribution in [1.29, 1.82) is 0 Å². The highest BCUT2D eigenvalue weighted by atomic mass is 19.1. The molecule has 0 saturated heterocycles. The first kappa shape index (κ1) is 17.8. The number of aromatic nitrogens is 3. The number of hydrogen-bond donors (Lipinski definition) is 2. The summed E-state index contributed by atoms with van der Waals surface area (Å²) in [6, 6.07) is 5.71. The predicted molar refractivity (Wildman–Crippen MR) is 110 cm³/mol. The molecule has 1 aromatic carbocycles. The second-order valence-electron chi connectivity index (χ2n) is 7.60. The maximum absolute atomic E-state index is 13.3. The van der Waals surface area contributed by atoms with Crippen molar-refractivity contribution < 1.29 is 9.18 Å². The van der Waals surface area contributed by atoms with E-state index < -0.39 is 0 Å². The van der Waals surface area contributed by atoms with Crippen LogP contribution in [0.5, 0.6) is 0 Å². The fraction of sp³-hybridized carbons (Fsp3) is 0.318. The minimum absolute atomic E-state index is 0.224. The van der Waals surface area contributed by atoms with Crippen LogP contribution in [0.15, 0.2) is 36.7 Å². The van der Waals surface area contributed by atoms with Crippen LogP contribution in [-0.2, 0) is 12.8 Å². The van der Waals surface area contributed by atoms with E-state index >= 15 is 0 Å². The molecule has 0 spiro atoms. The van der Waals surface area contributed by atoms with Gasteiger partial charge in [-0.3, -0.25) is 0 Å². The number of benzene rings is 1. The monoisotopic (exact) mass is 391 g/mol. The molecule has 3 aromatic rings. The standard InChI is InChI=1S/C22H22FN5O/c23-15-4-3-5-16(12-15)26-22(29)28-10-8-14(9-11-28)20-19-17-6-1-2-7-18(17)27-21(19)25-13-24-20/h3-5,8,12-13H,1-2,6-7,9-11H2,(H,26,29)(H,24,25,27). The molecule has 2 N–H and O–H groups in total. The second kappa shape index (κ2) is 7.31. The molecule has 0 unspecified atom stereocenters. The Labute approximate surface area is 167 Å². The number of amides is 2. The number of hydrogen-bond acceptors (Lipinski definition) is 3. The van der Waals surface area contributed by atoms with E-state index in [1.807, 2.05) is 0 Å². The molecule has 7 heteroatoms. The predicted octanol–water partition coefficient (Wildman–Crippen LogP) is 4.30. The third-order valence-corrected chi connectivity index (χ3v) is 5.76. The molecule has 5 rings (SSSR count). The van der Waals surface area contributed by atoms with Gasteiger partial charge in [-0.1, -0.05) is 12.1 Å². The van der Waals surface area contributed by atoms with E-state index in [-0.39, 0.29) is 11.8 Å². The summed E-state index contributed by atoms with van der Waals surface area (Å²) in [6.07, 6.45) is 8.94. The van der Waals surface area contributed by atoms with Crippen molar-refractivity contribution in [3.05, 3.63) is 59.4 Å². The van der Waals surface area contributed by atoms with E-state index in [0.29, 0.717) is 18.8 Å². The first-order chi connectivity index (χ1) is 14.2. The van der Waals surface area contributed by atoms with E-state index in [1.54, 1.807) is 23.4 Å². The molecule has 29 heavy (non-hydrogen) atoms. The molecule has 6 nitrogen and oxygen atoms in total. The number of fused-ring (bicyclic) bond motifs is 3. The van der Waals surface area contributed by atoms with Crippen LogP contribution in [0.3, 0.4) is 0 Å². The average molecular weight is 391 g/mol. The first-order valence-electron chi connectivity index (χ1n) is 10.0. The average Bonchev–Trinajstić information content (AvgIpc) is 3.13. The summed E-state index contributed by atoms with van der Waals surface area (Å²) in [5, 5.41) is 3.91. The van der Waals surface area contributed by atoms with E-state index in [9.17, 15) is 9.18 Å².